The second kappa shape index (κ2) is 4.03. The molecule has 2 rings (SSSR count). The highest BCUT2D eigenvalue weighted by Gasteiger charge is 2.15. The van der Waals surface area contributed by atoms with Gasteiger partial charge in [-0.1, -0.05) is 18.2 Å². The Labute approximate surface area is 94.1 Å². The van der Waals surface area contributed by atoms with E-state index in [2.05, 4.69) is 11.3 Å². The van der Waals surface area contributed by atoms with Crippen LogP contribution in [0.1, 0.15) is 10.4 Å². The summed E-state index contributed by atoms with van der Waals surface area (Å²) >= 11 is 0. The Balaban J connectivity index is 2.84. The Kier molecular flexibility index (Phi) is 2.71. The smallest absolute Gasteiger partial charge is 0.336 e. The molecule has 0 amide bonds. The van der Waals surface area contributed by atoms with Crippen LogP contribution >= 0.6 is 7.55 Å². The fourth-order valence-corrected chi connectivity index (χ4v) is 2.16. The highest BCUT2D eigenvalue weighted by molar-refractivity contribution is 7.62. The quantitative estimate of drug-likeness (QED) is 0.806. The summed E-state index contributed by atoms with van der Waals surface area (Å²) in [6.45, 7) is 1.96. The first-order valence-electron chi connectivity index (χ1n) is 4.77. The summed E-state index contributed by atoms with van der Waals surface area (Å²) in [6.07, 6.45) is 3.93. The summed E-state index contributed by atoms with van der Waals surface area (Å²) in [5, 5.41) is 9.82. The van der Waals surface area contributed by atoms with E-state index in [9.17, 15) is 4.79 Å². The first-order valence-corrected chi connectivity index (χ1v) is 6.74. The Morgan fingerprint density at radius 3 is 2.75 bits per heavy atom. The molecule has 0 aliphatic carbocycles. The van der Waals surface area contributed by atoms with E-state index in [1.165, 1.54) is 0 Å². The summed E-state index contributed by atoms with van der Waals surface area (Å²) < 4.78 is 0. The molecule has 1 N–H and O–H groups in total. The second-order valence-corrected chi connectivity index (χ2v) is 5.40. The SMILES string of the molecule is C=[P+](C)c1cc(C(=O)O)c2ccccc2n1. The molecule has 0 aliphatic rings. The van der Waals surface area contributed by atoms with E-state index in [0.29, 0.717) is 10.9 Å². The molecular weight excluding hydrogens is 221 g/mol. The Hall–Kier alpha value is -1.73. The molecule has 0 aliphatic heterocycles. The normalized spacial score (nSPS) is 11.4. The maximum atomic E-state index is 11.1. The van der Waals surface area contributed by atoms with Gasteiger partial charge in [-0.3, -0.25) is 0 Å². The number of nitrogens with zero attached hydrogens (tertiary/aromatic N) is 1. The molecule has 80 valence electrons. The third kappa shape index (κ3) is 1.82. The number of fused-ring (bicyclic) bond motifs is 1. The minimum absolute atomic E-state index is 0.304. The molecule has 3 nitrogen and oxygen atoms in total. The van der Waals surface area contributed by atoms with Gasteiger partial charge in [-0.25, -0.2) is 9.78 Å². The summed E-state index contributed by atoms with van der Waals surface area (Å²) in [4.78, 5) is 15.6. The van der Waals surface area contributed by atoms with Crippen LogP contribution in [0, 0.1) is 0 Å². The molecule has 1 aromatic heterocycles. The van der Waals surface area contributed by atoms with Crippen molar-refractivity contribution in [3.8, 4) is 0 Å². The lowest BCUT2D eigenvalue weighted by Gasteiger charge is -2.01. The average molecular weight is 232 g/mol. The van der Waals surface area contributed by atoms with Gasteiger partial charge < -0.3 is 5.11 Å². The number of carboxylic acids is 1. The number of carboxylic acid groups (broad SMARTS) is 1. The van der Waals surface area contributed by atoms with Gasteiger partial charge in [-0.05, 0) is 6.07 Å². The first-order chi connectivity index (χ1) is 7.59. The molecule has 4 heteroatoms. The van der Waals surface area contributed by atoms with Crippen molar-refractivity contribution in [1.29, 1.82) is 0 Å². The molecule has 16 heavy (non-hydrogen) atoms. The zero-order valence-electron chi connectivity index (χ0n) is 8.84. The Bertz CT molecular complexity index is 593. The molecule has 1 atom stereocenters. The second-order valence-electron chi connectivity index (χ2n) is 3.55. The predicted octanol–water partition coefficient (Wildman–Crippen LogP) is 2.10. The van der Waals surface area contributed by atoms with Crippen molar-refractivity contribution < 1.29 is 9.90 Å². The number of rotatable bonds is 2. The maximum absolute atomic E-state index is 11.1. The minimum Gasteiger partial charge on any atom is -0.478 e. The highest BCUT2D eigenvalue weighted by Crippen LogP contribution is 2.20. The first kappa shape index (κ1) is 10.8. The number of carbonyl (C=O) groups is 1. The summed E-state index contributed by atoms with van der Waals surface area (Å²) in [5.41, 5.74) is 1.79. The van der Waals surface area contributed by atoms with Crippen molar-refractivity contribution in [3.63, 3.8) is 0 Å². The van der Waals surface area contributed by atoms with Gasteiger partial charge in [0.15, 0.2) is 0 Å². The number of hydrogen-bond acceptors (Lipinski definition) is 2. The third-order valence-corrected chi connectivity index (χ3v) is 3.34. The van der Waals surface area contributed by atoms with E-state index >= 15 is 0 Å². The number of benzene rings is 1. The van der Waals surface area contributed by atoms with Crippen LogP contribution in [0.4, 0.5) is 0 Å². The van der Waals surface area contributed by atoms with Crippen LogP contribution in [-0.2, 0) is 0 Å². The van der Waals surface area contributed by atoms with Crippen LogP contribution in [0.5, 0.6) is 0 Å². The highest BCUT2D eigenvalue weighted by atomic mass is 31.1. The molecule has 0 saturated heterocycles. The number of para-hydroxylation sites is 1. The van der Waals surface area contributed by atoms with E-state index in [1.807, 2.05) is 24.9 Å². The fraction of sp³-hybridized carbons (Fsp3) is 0.0833. The van der Waals surface area contributed by atoms with Crippen LogP contribution in [0.25, 0.3) is 10.9 Å². The average Bonchev–Trinajstić information content (AvgIpc) is 2.27. The minimum atomic E-state index is -0.920. The van der Waals surface area contributed by atoms with Crippen molar-refractivity contribution in [2.45, 2.75) is 0 Å². The lowest BCUT2D eigenvalue weighted by Crippen LogP contribution is -2.09. The van der Waals surface area contributed by atoms with Gasteiger partial charge in [-0.15, -0.1) is 0 Å². The molecule has 1 heterocycles. The zero-order valence-corrected chi connectivity index (χ0v) is 9.74. The predicted molar refractivity (Wildman–Crippen MR) is 68.3 cm³/mol. The van der Waals surface area contributed by atoms with Crippen molar-refractivity contribution in [1.82, 2.24) is 4.98 Å². The summed E-state index contributed by atoms with van der Waals surface area (Å²) in [7, 11) is -0.634. The van der Waals surface area contributed by atoms with Crippen LogP contribution in [0.2, 0.25) is 0 Å². The van der Waals surface area contributed by atoms with E-state index in [0.717, 1.165) is 11.0 Å². The number of pyridine rings is 1. The van der Waals surface area contributed by atoms with Gasteiger partial charge in [0.25, 0.3) is 0 Å². The number of hydrogen-bond donors (Lipinski definition) is 1. The molecular formula is C12H11NO2P+. The van der Waals surface area contributed by atoms with Gasteiger partial charge in [0.05, 0.1) is 17.4 Å². The number of aromatic carboxylic acids is 1. The van der Waals surface area contributed by atoms with E-state index < -0.39 is 13.5 Å². The van der Waals surface area contributed by atoms with Crippen molar-refractivity contribution in [2.24, 2.45) is 0 Å². The Morgan fingerprint density at radius 2 is 2.12 bits per heavy atom. The van der Waals surface area contributed by atoms with Crippen molar-refractivity contribution in [3.05, 3.63) is 35.9 Å². The van der Waals surface area contributed by atoms with Gasteiger partial charge >= 0.3 is 5.97 Å². The molecule has 1 aromatic carbocycles. The van der Waals surface area contributed by atoms with Gasteiger partial charge in [0.2, 0.25) is 5.44 Å². The molecule has 0 radical (unpaired) electrons. The topological polar surface area (TPSA) is 50.2 Å². The van der Waals surface area contributed by atoms with Crippen molar-refractivity contribution in [2.75, 3.05) is 6.66 Å². The van der Waals surface area contributed by atoms with Gasteiger partial charge in [0.1, 0.15) is 14.2 Å². The summed E-state index contributed by atoms with van der Waals surface area (Å²) in [6, 6.07) is 8.89. The molecule has 1 unspecified atom stereocenters. The monoisotopic (exact) mass is 232 g/mol. The lowest BCUT2D eigenvalue weighted by molar-refractivity contribution is 0.0699. The third-order valence-electron chi connectivity index (χ3n) is 2.32. The van der Waals surface area contributed by atoms with Crippen molar-refractivity contribution >= 4 is 36.2 Å². The van der Waals surface area contributed by atoms with Crippen LogP contribution < -0.4 is 5.44 Å². The summed E-state index contributed by atoms with van der Waals surface area (Å²) in [5.74, 6) is -0.920. The molecule has 0 bridgehead atoms. The van der Waals surface area contributed by atoms with Crippen LogP contribution in [0.3, 0.4) is 0 Å². The maximum Gasteiger partial charge on any atom is 0.336 e. The molecule has 0 fully saturated rings. The van der Waals surface area contributed by atoms with Gasteiger partial charge in [0, 0.05) is 11.5 Å². The molecule has 2 aromatic rings. The fourth-order valence-electron chi connectivity index (χ4n) is 1.53. The van der Waals surface area contributed by atoms with Crippen LogP contribution in [-0.4, -0.2) is 29.0 Å². The Morgan fingerprint density at radius 1 is 1.44 bits per heavy atom. The van der Waals surface area contributed by atoms with E-state index in [1.54, 1.807) is 12.1 Å². The van der Waals surface area contributed by atoms with Gasteiger partial charge in [-0.2, -0.15) is 0 Å². The van der Waals surface area contributed by atoms with Crippen LogP contribution in [0.15, 0.2) is 30.3 Å². The van der Waals surface area contributed by atoms with E-state index in [-0.39, 0.29) is 0 Å². The van der Waals surface area contributed by atoms with E-state index in [4.69, 9.17) is 5.11 Å². The largest absolute Gasteiger partial charge is 0.478 e. The standard InChI is InChI=1S/C12H10NO2P/c1-16(2)11-7-9(12(14)15)8-5-3-4-6-10(8)13-11/h3-7H,1H2,2H3/p+1. The lowest BCUT2D eigenvalue weighted by atomic mass is 10.1. The molecule has 0 saturated carbocycles. The zero-order chi connectivity index (χ0) is 11.7. The number of aromatic nitrogens is 1. The molecule has 0 spiro atoms.